The molecule has 0 heterocycles. The molecule has 0 radical (unpaired) electrons. The Morgan fingerprint density at radius 3 is 2.42 bits per heavy atom. The molecule has 0 aromatic heterocycles. The Labute approximate surface area is 112 Å². The molecule has 2 unspecified atom stereocenters. The van der Waals surface area contributed by atoms with Crippen LogP contribution in [-0.2, 0) is 4.79 Å². The molecular formula is C13H20N2O4. The van der Waals surface area contributed by atoms with Gasteiger partial charge in [0.05, 0.1) is 20.3 Å². The number of hydrogen-bond donors (Lipinski definition) is 3. The van der Waals surface area contributed by atoms with Gasteiger partial charge in [0, 0.05) is 11.6 Å². The minimum Gasteiger partial charge on any atom is -0.497 e. The van der Waals surface area contributed by atoms with Crippen LogP contribution in [0, 0.1) is 6.92 Å². The number of carboxylic acids is 1. The molecule has 1 aromatic carbocycles. The zero-order valence-electron chi connectivity index (χ0n) is 11.6. The lowest BCUT2D eigenvalue weighted by Gasteiger charge is -2.25. The molecule has 0 aliphatic heterocycles. The van der Waals surface area contributed by atoms with E-state index in [-0.39, 0.29) is 0 Å². The Kier molecular flexibility index (Phi) is 5.14. The van der Waals surface area contributed by atoms with Crippen LogP contribution in [0.2, 0.25) is 0 Å². The maximum absolute atomic E-state index is 11.1. The third kappa shape index (κ3) is 3.15. The Bertz CT molecular complexity index is 462. The molecule has 0 spiro atoms. The predicted molar refractivity (Wildman–Crippen MR) is 71.7 cm³/mol. The van der Waals surface area contributed by atoms with E-state index >= 15 is 0 Å². The molecule has 19 heavy (non-hydrogen) atoms. The maximum atomic E-state index is 11.1. The molecule has 0 saturated carbocycles. The molecule has 0 fully saturated rings. The number of nitrogens with two attached hydrogens (primary N) is 1. The summed E-state index contributed by atoms with van der Waals surface area (Å²) in [6, 6.07) is 1.92. The van der Waals surface area contributed by atoms with E-state index in [1.165, 1.54) is 7.11 Å². The lowest BCUT2D eigenvalue weighted by atomic mass is 9.94. The van der Waals surface area contributed by atoms with Crippen molar-refractivity contribution in [2.45, 2.75) is 19.0 Å². The van der Waals surface area contributed by atoms with Crippen LogP contribution in [0.4, 0.5) is 0 Å². The second kappa shape index (κ2) is 6.40. The van der Waals surface area contributed by atoms with Gasteiger partial charge in [0.25, 0.3) is 0 Å². The van der Waals surface area contributed by atoms with Gasteiger partial charge in [-0.15, -0.1) is 0 Å². The van der Waals surface area contributed by atoms with Crippen molar-refractivity contribution in [3.05, 3.63) is 23.3 Å². The minimum absolute atomic E-state index is 0.543. The number of ether oxygens (including phenoxy) is 2. The van der Waals surface area contributed by atoms with Crippen LogP contribution >= 0.6 is 0 Å². The van der Waals surface area contributed by atoms with E-state index in [0.717, 1.165) is 11.1 Å². The van der Waals surface area contributed by atoms with Gasteiger partial charge in [0.15, 0.2) is 0 Å². The molecule has 0 aliphatic carbocycles. The molecule has 2 atom stereocenters. The third-order valence-electron chi connectivity index (χ3n) is 3.04. The zero-order valence-corrected chi connectivity index (χ0v) is 11.6. The fourth-order valence-electron chi connectivity index (χ4n) is 2.07. The number of nitrogens with one attached hydrogen (secondary N) is 1. The number of carboxylic acid groups (broad SMARTS) is 1. The highest BCUT2D eigenvalue weighted by molar-refractivity contribution is 5.75. The fraction of sp³-hybridized carbons (Fsp3) is 0.462. The largest absolute Gasteiger partial charge is 0.497 e. The van der Waals surface area contributed by atoms with Gasteiger partial charge < -0.3 is 25.6 Å². The highest BCUT2D eigenvalue weighted by atomic mass is 16.5. The van der Waals surface area contributed by atoms with Crippen molar-refractivity contribution < 1.29 is 19.4 Å². The fourth-order valence-corrected chi connectivity index (χ4v) is 2.07. The normalized spacial score (nSPS) is 13.7. The van der Waals surface area contributed by atoms with E-state index in [0.29, 0.717) is 11.5 Å². The minimum atomic E-state index is -1.07. The average Bonchev–Trinajstić information content (AvgIpc) is 2.40. The standard InChI is InChI=1S/C13H20N2O4/c1-7-5-8(18-3)6-9(19-4)10(7)12(15-2)11(14)13(16)17/h5-6,11-12,15H,14H2,1-4H3,(H,16,17). The number of aryl methyl sites for hydroxylation is 1. The van der Waals surface area contributed by atoms with E-state index in [4.69, 9.17) is 20.3 Å². The Balaban J connectivity index is 3.34. The number of hydrogen-bond acceptors (Lipinski definition) is 5. The molecule has 6 heteroatoms. The van der Waals surface area contributed by atoms with Crippen LogP contribution in [0.25, 0.3) is 0 Å². The van der Waals surface area contributed by atoms with Gasteiger partial charge in [-0.3, -0.25) is 4.79 Å². The average molecular weight is 268 g/mol. The molecule has 0 bridgehead atoms. The Morgan fingerprint density at radius 2 is 2.00 bits per heavy atom. The maximum Gasteiger partial charge on any atom is 0.322 e. The third-order valence-corrected chi connectivity index (χ3v) is 3.04. The summed E-state index contributed by atoms with van der Waals surface area (Å²) in [5.74, 6) is 0.126. The SMILES string of the molecule is CNC(c1c(C)cc(OC)cc1OC)C(N)C(=O)O. The topological polar surface area (TPSA) is 93.8 Å². The molecule has 1 aromatic rings. The van der Waals surface area contributed by atoms with Crippen LogP contribution in [-0.4, -0.2) is 38.4 Å². The summed E-state index contributed by atoms with van der Waals surface area (Å²) in [7, 11) is 4.75. The van der Waals surface area contributed by atoms with Crippen molar-refractivity contribution >= 4 is 5.97 Å². The molecule has 0 saturated heterocycles. The highest BCUT2D eigenvalue weighted by Gasteiger charge is 2.28. The van der Waals surface area contributed by atoms with Crippen LogP contribution in [0.3, 0.4) is 0 Å². The summed E-state index contributed by atoms with van der Waals surface area (Å²) >= 11 is 0. The first-order valence-electron chi connectivity index (χ1n) is 5.84. The van der Waals surface area contributed by atoms with E-state index in [1.54, 1.807) is 20.2 Å². The predicted octanol–water partition coefficient (Wildman–Crippen LogP) is 0.685. The van der Waals surface area contributed by atoms with Gasteiger partial charge in [-0.05, 0) is 25.6 Å². The van der Waals surface area contributed by atoms with Crippen molar-refractivity contribution in [1.82, 2.24) is 5.32 Å². The molecule has 106 valence electrons. The molecule has 0 aliphatic rings. The second-order valence-electron chi connectivity index (χ2n) is 4.19. The van der Waals surface area contributed by atoms with Gasteiger partial charge in [-0.2, -0.15) is 0 Å². The van der Waals surface area contributed by atoms with Gasteiger partial charge in [-0.25, -0.2) is 0 Å². The first-order chi connectivity index (χ1) is 8.96. The summed E-state index contributed by atoms with van der Waals surface area (Å²) < 4.78 is 10.5. The van der Waals surface area contributed by atoms with Gasteiger partial charge in [0.1, 0.15) is 17.5 Å². The van der Waals surface area contributed by atoms with Gasteiger partial charge >= 0.3 is 5.97 Å². The summed E-state index contributed by atoms with van der Waals surface area (Å²) in [5, 5.41) is 12.0. The number of aliphatic carboxylic acids is 1. The summed E-state index contributed by atoms with van der Waals surface area (Å²) in [6.45, 7) is 1.86. The first-order valence-corrected chi connectivity index (χ1v) is 5.84. The van der Waals surface area contributed by atoms with E-state index in [9.17, 15) is 4.79 Å². The van der Waals surface area contributed by atoms with Crippen molar-refractivity contribution in [2.24, 2.45) is 5.73 Å². The van der Waals surface area contributed by atoms with Crippen LogP contribution in [0.1, 0.15) is 17.2 Å². The monoisotopic (exact) mass is 268 g/mol. The number of likely N-dealkylation sites (N-methyl/N-ethyl adjacent to an activating group) is 1. The highest BCUT2D eigenvalue weighted by Crippen LogP contribution is 2.34. The van der Waals surface area contributed by atoms with Crippen molar-refractivity contribution in [3.8, 4) is 11.5 Å². The number of carbonyl (C=O) groups is 1. The van der Waals surface area contributed by atoms with E-state index in [1.807, 2.05) is 13.0 Å². The zero-order chi connectivity index (χ0) is 14.6. The summed E-state index contributed by atoms with van der Waals surface area (Å²) in [4.78, 5) is 11.1. The van der Waals surface area contributed by atoms with Crippen LogP contribution < -0.4 is 20.5 Å². The molecule has 0 amide bonds. The summed E-state index contributed by atoms with van der Waals surface area (Å²) in [5.41, 5.74) is 7.29. The summed E-state index contributed by atoms with van der Waals surface area (Å²) in [6.07, 6.45) is 0. The molecule has 1 rings (SSSR count). The smallest absolute Gasteiger partial charge is 0.322 e. The Morgan fingerprint density at radius 1 is 1.37 bits per heavy atom. The van der Waals surface area contributed by atoms with Crippen molar-refractivity contribution in [1.29, 1.82) is 0 Å². The quantitative estimate of drug-likeness (QED) is 0.702. The van der Waals surface area contributed by atoms with E-state index < -0.39 is 18.1 Å². The molecular weight excluding hydrogens is 248 g/mol. The first kappa shape index (κ1) is 15.3. The number of benzene rings is 1. The second-order valence-corrected chi connectivity index (χ2v) is 4.19. The van der Waals surface area contributed by atoms with Crippen molar-refractivity contribution in [2.75, 3.05) is 21.3 Å². The number of methoxy groups -OCH3 is 2. The van der Waals surface area contributed by atoms with Crippen molar-refractivity contribution in [3.63, 3.8) is 0 Å². The lowest BCUT2D eigenvalue weighted by molar-refractivity contribution is -0.139. The van der Waals surface area contributed by atoms with Crippen LogP contribution in [0.5, 0.6) is 11.5 Å². The van der Waals surface area contributed by atoms with Crippen LogP contribution in [0.15, 0.2) is 12.1 Å². The van der Waals surface area contributed by atoms with Gasteiger partial charge in [-0.1, -0.05) is 0 Å². The van der Waals surface area contributed by atoms with E-state index in [2.05, 4.69) is 5.32 Å². The molecule has 6 nitrogen and oxygen atoms in total. The Hall–Kier alpha value is -1.79. The van der Waals surface area contributed by atoms with Gasteiger partial charge in [0.2, 0.25) is 0 Å². The number of rotatable bonds is 6. The molecule has 4 N–H and O–H groups in total. The lowest BCUT2D eigenvalue weighted by Crippen LogP contribution is -2.42.